The Bertz CT molecular complexity index is 2860. The number of carbonyl (C=O) groups is 1. The van der Waals surface area contributed by atoms with Crippen LogP contribution in [-0.4, -0.2) is 76.8 Å². The van der Waals surface area contributed by atoms with Gasteiger partial charge in [0.25, 0.3) is 10.1 Å². The van der Waals surface area contributed by atoms with Gasteiger partial charge in [0.05, 0.1) is 47.2 Å². The molecule has 2 atom stereocenters. The Kier molecular flexibility index (Phi) is 10.5. The van der Waals surface area contributed by atoms with Crippen molar-refractivity contribution in [3.05, 3.63) is 94.9 Å². The van der Waals surface area contributed by atoms with Crippen LogP contribution in [0.25, 0.3) is 21.3 Å². The van der Waals surface area contributed by atoms with Crippen LogP contribution in [-0.2, 0) is 36.7 Å². The Morgan fingerprint density at radius 2 is 1.64 bits per heavy atom. The van der Waals surface area contributed by atoms with Crippen molar-refractivity contribution in [1.82, 2.24) is 29.9 Å². The summed E-state index contributed by atoms with van der Waals surface area (Å²) < 4.78 is 46.6. The average molecular weight is 903 g/mol. The van der Waals surface area contributed by atoms with Gasteiger partial charge >= 0.3 is 5.97 Å². The lowest BCUT2D eigenvalue weighted by Crippen LogP contribution is -2.64. The van der Waals surface area contributed by atoms with Gasteiger partial charge in [0.2, 0.25) is 0 Å². The number of esters is 1. The quantitative estimate of drug-likeness (QED) is 0.0663. The third kappa shape index (κ3) is 7.75. The number of aryl methyl sites for hydroxylation is 1. The van der Waals surface area contributed by atoms with Crippen LogP contribution in [0.4, 0.5) is 22.6 Å². The van der Waals surface area contributed by atoms with Gasteiger partial charge in [-0.15, -0.1) is 10.2 Å². The Morgan fingerprint density at radius 1 is 0.875 bits per heavy atom. The topological polar surface area (TPSA) is 164 Å². The summed E-state index contributed by atoms with van der Waals surface area (Å²) in [6.07, 6.45) is 9.50. The summed E-state index contributed by atoms with van der Waals surface area (Å²) in [5.41, 5.74) is 6.29. The summed E-state index contributed by atoms with van der Waals surface area (Å²) in [5.74, 6) is 1.45. The molecule has 14 nitrogen and oxygen atoms in total. The second-order valence-corrected chi connectivity index (χ2v) is 22.1. The van der Waals surface area contributed by atoms with E-state index in [2.05, 4.69) is 48.9 Å². The molecule has 4 saturated carbocycles. The number of rotatable bonds is 13. The highest BCUT2D eigenvalue weighted by molar-refractivity contribution is 7.86. The lowest BCUT2D eigenvalue weighted by molar-refractivity contribution is -0.249. The van der Waals surface area contributed by atoms with Crippen LogP contribution in [0, 0.1) is 37.0 Å². The van der Waals surface area contributed by atoms with Gasteiger partial charge in [0.15, 0.2) is 22.5 Å². The molecule has 5 aliphatic rings. The Morgan fingerprint density at radius 3 is 2.39 bits per heavy atom. The number of hydrogen-bond donors (Lipinski definition) is 1. The fourth-order valence-electron chi connectivity index (χ4n) is 12.5. The first-order valence-electron chi connectivity index (χ1n) is 22.1. The molecular weight excluding hydrogens is 849 g/mol. The maximum Gasteiger partial charge on any atom is 0.357 e. The van der Waals surface area contributed by atoms with Gasteiger partial charge in [0, 0.05) is 41.0 Å². The lowest BCUT2D eigenvalue weighted by Gasteiger charge is -2.69. The van der Waals surface area contributed by atoms with Crippen molar-refractivity contribution in [3.8, 4) is 11.1 Å². The molecule has 4 fully saturated rings. The number of benzene rings is 2. The molecule has 4 aliphatic carbocycles. The molecule has 11 rings (SSSR count). The zero-order valence-corrected chi connectivity index (χ0v) is 38.9. The second kappa shape index (κ2) is 15.7. The van der Waals surface area contributed by atoms with Crippen LogP contribution in [0.1, 0.15) is 91.7 Å². The van der Waals surface area contributed by atoms with E-state index in [9.17, 15) is 13.2 Å². The number of thiazole rings is 1. The van der Waals surface area contributed by atoms with Crippen molar-refractivity contribution in [2.75, 3.05) is 37.1 Å². The number of ether oxygens (including phenoxy) is 2. The molecule has 2 unspecified atom stereocenters. The molecular formula is C48H54N8O6S2. The first kappa shape index (κ1) is 42.6. The number of hydrogen-bond acceptors (Lipinski definition) is 14. The molecule has 334 valence electrons. The molecule has 64 heavy (non-hydrogen) atoms. The molecule has 5 heterocycles. The minimum Gasteiger partial charge on any atom is -0.464 e. The van der Waals surface area contributed by atoms with Crippen LogP contribution >= 0.6 is 11.3 Å². The van der Waals surface area contributed by atoms with Crippen LogP contribution in [0.3, 0.4) is 0 Å². The molecule has 1 N–H and O–H groups in total. The third-order valence-corrected chi connectivity index (χ3v) is 16.3. The number of pyridine rings is 1. The summed E-state index contributed by atoms with van der Waals surface area (Å²) in [6, 6.07) is 18.6. The van der Waals surface area contributed by atoms with Crippen molar-refractivity contribution in [2.24, 2.45) is 16.2 Å². The monoisotopic (exact) mass is 902 g/mol. The summed E-state index contributed by atoms with van der Waals surface area (Å²) in [6.45, 7) is 12.3. The molecule has 4 bridgehead atoms. The smallest absolute Gasteiger partial charge is 0.357 e. The average Bonchev–Trinajstić information content (AvgIpc) is 3.83. The van der Waals surface area contributed by atoms with Crippen LogP contribution in [0.15, 0.2) is 71.8 Å². The number of aromatic nitrogens is 6. The normalized spacial score (nSPS) is 24.9. The first-order chi connectivity index (χ1) is 30.6. The first-order valence-corrected chi connectivity index (χ1v) is 24.3. The fraction of sp³-hybridized carbons (Fsp3) is 0.458. The van der Waals surface area contributed by atoms with Crippen LogP contribution in [0.5, 0.6) is 0 Å². The number of carbonyl (C=O) groups excluding carboxylic acids is 1. The van der Waals surface area contributed by atoms with Crippen molar-refractivity contribution >= 4 is 60.2 Å². The van der Waals surface area contributed by atoms with E-state index < -0.39 is 16.1 Å². The number of methoxy groups -OCH3 is 1. The van der Waals surface area contributed by atoms with Crippen LogP contribution < -0.4 is 10.2 Å². The summed E-state index contributed by atoms with van der Waals surface area (Å²) >= 11 is 1.58. The van der Waals surface area contributed by atoms with Gasteiger partial charge in [0.1, 0.15) is 5.82 Å². The molecule has 2 aromatic carbocycles. The van der Waals surface area contributed by atoms with E-state index in [1.807, 2.05) is 48.4 Å². The number of fused-ring (bicyclic) bond motifs is 2. The number of anilines is 4. The molecule has 0 spiro atoms. The minimum atomic E-state index is -3.89. The standard InChI is InChI=1S/C48H54N8O6S2/c1-30-13-15-33(16-14-30)64(58,59)62-21-20-61-48-26-45(4)23-46(5,27-48)25-47(24-45,28-48)29-56-32(3)36(22-49-56)35-17-18-39(51-40(35)43(57)60-6)55-19-9-10-34-31(2)41(53-54-42(34)55)52-44-50-37-11-7-8-12-38(37)63-44/h7-8,11-18,22H,9-10,19-21,23-29H2,1-6H3,(H,50,52,53). The summed E-state index contributed by atoms with van der Waals surface area (Å²) in [4.78, 5) is 25.5. The maximum absolute atomic E-state index is 13.6. The molecule has 0 saturated heterocycles. The Balaban J connectivity index is 0.885. The SMILES string of the molecule is COC(=O)c1nc(N2CCCc3c2nnc(Nc2nc4ccccc4s2)c3C)ccc1-c1cnn(CC23CC4(C)CC(C)(C2)CC(OCCOS(=O)(=O)c2ccc(C)cc2)(C4)C3)c1C. The van der Waals surface area contributed by atoms with Gasteiger partial charge in [-0.2, -0.15) is 13.5 Å². The number of nitrogens with one attached hydrogen (secondary N) is 1. The maximum atomic E-state index is 13.6. The van der Waals surface area contributed by atoms with E-state index >= 15 is 0 Å². The summed E-state index contributed by atoms with van der Waals surface area (Å²) in [5, 5.41) is 18.5. The highest BCUT2D eigenvalue weighted by Crippen LogP contribution is 2.72. The van der Waals surface area contributed by atoms with Crippen molar-refractivity contribution in [2.45, 2.75) is 103 Å². The van der Waals surface area contributed by atoms with Gasteiger partial charge < -0.3 is 19.7 Å². The highest BCUT2D eigenvalue weighted by Gasteiger charge is 2.66. The van der Waals surface area contributed by atoms with E-state index in [0.717, 1.165) is 100 Å². The highest BCUT2D eigenvalue weighted by atomic mass is 32.2. The predicted molar refractivity (Wildman–Crippen MR) is 246 cm³/mol. The van der Waals surface area contributed by atoms with E-state index in [1.54, 1.807) is 35.6 Å². The van der Waals surface area contributed by atoms with Crippen molar-refractivity contribution < 1.29 is 26.9 Å². The van der Waals surface area contributed by atoms with Gasteiger partial charge in [-0.3, -0.25) is 8.86 Å². The van der Waals surface area contributed by atoms with E-state index in [1.165, 1.54) is 7.11 Å². The molecule has 16 heteroatoms. The van der Waals surface area contributed by atoms with Crippen LogP contribution in [0.2, 0.25) is 0 Å². The van der Waals surface area contributed by atoms with E-state index in [-0.39, 0.29) is 45.6 Å². The van der Waals surface area contributed by atoms with Gasteiger partial charge in [-0.25, -0.2) is 14.8 Å². The van der Waals surface area contributed by atoms with E-state index in [4.69, 9.17) is 33.8 Å². The van der Waals surface area contributed by atoms with Crippen molar-refractivity contribution in [3.63, 3.8) is 0 Å². The molecule has 4 aromatic heterocycles. The van der Waals surface area contributed by atoms with Gasteiger partial charge in [-0.05, 0) is 125 Å². The van der Waals surface area contributed by atoms with Gasteiger partial charge in [-0.1, -0.05) is 55.0 Å². The largest absolute Gasteiger partial charge is 0.464 e. The predicted octanol–water partition coefficient (Wildman–Crippen LogP) is 9.43. The molecule has 0 amide bonds. The van der Waals surface area contributed by atoms with Crippen molar-refractivity contribution in [1.29, 1.82) is 0 Å². The van der Waals surface area contributed by atoms with E-state index in [0.29, 0.717) is 30.3 Å². The third-order valence-electron chi connectivity index (χ3n) is 14.0. The molecule has 6 aromatic rings. The second-order valence-electron chi connectivity index (χ2n) is 19.5. The summed E-state index contributed by atoms with van der Waals surface area (Å²) in [7, 11) is -2.51. The fourth-order valence-corrected chi connectivity index (χ4v) is 14.3. The molecule has 1 aliphatic heterocycles. The zero-order chi connectivity index (χ0) is 44.6. The number of nitrogens with zero attached hydrogens (tertiary/aromatic N) is 7. The number of para-hydroxylation sites is 1. The minimum absolute atomic E-state index is 0.0447. The lowest BCUT2D eigenvalue weighted by atomic mass is 9.39. The zero-order valence-electron chi connectivity index (χ0n) is 37.2. The Hall–Kier alpha value is -5.29. The Labute approximate surface area is 377 Å². The molecule has 0 radical (unpaired) electrons.